The van der Waals surface area contributed by atoms with Crippen molar-refractivity contribution in [2.24, 2.45) is 0 Å². The summed E-state index contributed by atoms with van der Waals surface area (Å²) >= 11 is 0.795. The number of aliphatic carboxylic acids is 1. The fourth-order valence-corrected chi connectivity index (χ4v) is 2.36. The first-order chi connectivity index (χ1) is 9.93. The van der Waals surface area contributed by atoms with E-state index in [0.717, 1.165) is 28.5 Å². The molecule has 1 aromatic heterocycles. The van der Waals surface area contributed by atoms with Crippen LogP contribution in [0, 0.1) is 18.6 Å². The van der Waals surface area contributed by atoms with Gasteiger partial charge in [0.05, 0.1) is 11.4 Å². The van der Waals surface area contributed by atoms with Gasteiger partial charge in [0.25, 0.3) is 0 Å². The number of aliphatic hydroxyl groups excluding tert-OH is 1. The smallest absolute Gasteiger partial charge is 0.313 e. The highest BCUT2D eigenvalue weighted by Gasteiger charge is 2.19. The van der Waals surface area contributed by atoms with Crippen LogP contribution in [0.3, 0.4) is 0 Å². The molecule has 21 heavy (non-hydrogen) atoms. The second-order valence-corrected chi connectivity index (χ2v) is 5.07. The zero-order valence-corrected chi connectivity index (χ0v) is 11.7. The summed E-state index contributed by atoms with van der Waals surface area (Å²) in [6.45, 7) is 0.872. The Morgan fingerprint density at radius 1 is 1.33 bits per heavy atom. The van der Waals surface area contributed by atoms with Gasteiger partial charge in [-0.25, -0.2) is 8.78 Å². The largest absolute Gasteiger partial charge is 0.481 e. The molecular formula is C12H11F2N3O3S. The maximum Gasteiger partial charge on any atom is 0.313 e. The second kappa shape index (κ2) is 6.19. The summed E-state index contributed by atoms with van der Waals surface area (Å²) < 4.78 is 28.8. The van der Waals surface area contributed by atoms with E-state index in [0.29, 0.717) is 0 Å². The predicted octanol–water partition coefficient (Wildman–Crippen LogP) is 1.52. The molecule has 0 amide bonds. The molecule has 0 saturated carbocycles. The zero-order valence-electron chi connectivity index (χ0n) is 10.9. The van der Waals surface area contributed by atoms with Crippen molar-refractivity contribution in [3.05, 3.63) is 35.2 Å². The Kier molecular flexibility index (Phi) is 4.53. The van der Waals surface area contributed by atoms with Crippen molar-refractivity contribution in [1.82, 2.24) is 14.8 Å². The molecule has 0 spiro atoms. The first kappa shape index (κ1) is 15.4. The number of carboxylic acid groups (broad SMARTS) is 1. The number of thioether (sulfide) groups is 1. The lowest BCUT2D eigenvalue weighted by Crippen LogP contribution is -2.07. The van der Waals surface area contributed by atoms with E-state index >= 15 is 0 Å². The molecule has 0 aliphatic heterocycles. The van der Waals surface area contributed by atoms with Crippen LogP contribution in [-0.2, 0) is 11.4 Å². The number of aryl methyl sites for hydroxylation is 1. The Balaban J connectivity index is 2.53. The third-order valence-electron chi connectivity index (χ3n) is 2.64. The number of carboxylic acids is 1. The van der Waals surface area contributed by atoms with Crippen LogP contribution in [0.25, 0.3) is 5.69 Å². The van der Waals surface area contributed by atoms with E-state index in [1.807, 2.05) is 0 Å². The summed E-state index contributed by atoms with van der Waals surface area (Å²) in [6, 6.07) is 1.97. The van der Waals surface area contributed by atoms with Gasteiger partial charge in [-0.3, -0.25) is 9.36 Å². The fraction of sp³-hybridized carbons (Fsp3) is 0.250. The Morgan fingerprint density at radius 2 is 2.05 bits per heavy atom. The molecular weight excluding hydrogens is 304 g/mol. The average molecular weight is 315 g/mol. The lowest BCUT2D eigenvalue weighted by Gasteiger charge is -2.11. The number of rotatable bonds is 5. The van der Waals surface area contributed by atoms with Crippen LogP contribution in [0.5, 0.6) is 0 Å². The van der Waals surface area contributed by atoms with E-state index in [1.54, 1.807) is 0 Å². The lowest BCUT2D eigenvalue weighted by atomic mass is 10.2. The minimum Gasteiger partial charge on any atom is -0.481 e. The summed E-state index contributed by atoms with van der Waals surface area (Å²) in [6.07, 6.45) is 0. The van der Waals surface area contributed by atoms with E-state index in [-0.39, 0.29) is 28.0 Å². The van der Waals surface area contributed by atoms with Gasteiger partial charge < -0.3 is 10.2 Å². The number of carbonyl (C=O) groups is 1. The Bertz CT molecular complexity index is 691. The molecule has 0 atom stereocenters. The molecule has 2 N–H and O–H groups in total. The van der Waals surface area contributed by atoms with Gasteiger partial charge in [-0.2, -0.15) is 0 Å². The van der Waals surface area contributed by atoms with Crippen LogP contribution in [0.4, 0.5) is 8.78 Å². The normalized spacial score (nSPS) is 10.9. The Hall–Kier alpha value is -2.00. The van der Waals surface area contributed by atoms with Gasteiger partial charge in [0.2, 0.25) is 0 Å². The first-order valence-electron chi connectivity index (χ1n) is 5.79. The van der Waals surface area contributed by atoms with Gasteiger partial charge in [-0.1, -0.05) is 11.8 Å². The van der Waals surface area contributed by atoms with Gasteiger partial charge in [0.1, 0.15) is 18.2 Å². The van der Waals surface area contributed by atoms with E-state index < -0.39 is 24.2 Å². The molecule has 1 heterocycles. The van der Waals surface area contributed by atoms with Crippen LogP contribution in [0.1, 0.15) is 11.4 Å². The van der Waals surface area contributed by atoms with Crippen molar-refractivity contribution in [2.75, 3.05) is 5.75 Å². The van der Waals surface area contributed by atoms with Crippen molar-refractivity contribution in [1.29, 1.82) is 0 Å². The summed E-state index contributed by atoms with van der Waals surface area (Å²) in [5.41, 5.74) is -0.0466. The van der Waals surface area contributed by atoms with Gasteiger partial charge in [0, 0.05) is 6.07 Å². The van der Waals surface area contributed by atoms with Crippen molar-refractivity contribution in [2.45, 2.75) is 18.7 Å². The van der Waals surface area contributed by atoms with Crippen molar-refractivity contribution < 1.29 is 23.8 Å². The highest BCUT2D eigenvalue weighted by atomic mass is 32.2. The SMILES string of the molecule is Cc1cc(F)c(-n2c(CO)nnc2SCC(=O)O)cc1F. The molecule has 0 fully saturated rings. The van der Waals surface area contributed by atoms with Gasteiger partial charge in [-0.15, -0.1) is 10.2 Å². The molecule has 6 nitrogen and oxygen atoms in total. The summed E-state index contributed by atoms with van der Waals surface area (Å²) in [5, 5.41) is 25.3. The number of aliphatic hydroxyl groups is 1. The monoisotopic (exact) mass is 315 g/mol. The molecule has 2 aromatic rings. The summed E-state index contributed by atoms with van der Waals surface area (Å²) in [5.74, 6) is -2.76. The number of hydrogen-bond donors (Lipinski definition) is 2. The van der Waals surface area contributed by atoms with E-state index in [4.69, 9.17) is 5.11 Å². The highest BCUT2D eigenvalue weighted by Crippen LogP contribution is 2.25. The minimum atomic E-state index is -1.09. The van der Waals surface area contributed by atoms with E-state index in [9.17, 15) is 18.7 Å². The molecule has 0 aliphatic carbocycles. The Labute approximate surface area is 122 Å². The standard InChI is InChI=1S/C12H11F2N3O3S/c1-6-2-8(14)9(3-7(6)13)17-10(4-18)15-16-12(17)21-5-11(19)20/h2-3,18H,4-5H2,1H3,(H,19,20). The molecule has 112 valence electrons. The van der Waals surface area contributed by atoms with Gasteiger partial charge in [0.15, 0.2) is 11.0 Å². The summed E-state index contributed by atoms with van der Waals surface area (Å²) in [4.78, 5) is 10.6. The molecule has 1 aromatic carbocycles. The van der Waals surface area contributed by atoms with Crippen molar-refractivity contribution in [3.63, 3.8) is 0 Å². The topological polar surface area (TPSA) is 88.2 Å². The quantitative estimate of drug-likeness (QED) is 0.813. The van der Waals surface area contributed by atoms with E-state index in [2.05, 4.69) is 10.2 Å². The third kappa shape index (κ3) is 3.19. The molecule has 2 rings (SSSR count). The van der Waals surface area contributed by atoms with Gasteiger partial charge >= 0.3 is 5.97 Å². The minimum absolute atomic E-state index is 0.00922. The fourth-order valence-electron chi connectivity index (χ4n) is 1.67. The molecule has 0 unspecified atom stereocenters. The first-order valence-corrected chi connectivity index (χ1v) is 6.78. The number of nitrogens with zero attached hydrogens (tertiary/aromatic N) is 3. The zero-order chi connectivity index (χ0) is 15.6. The third-order valence-corrected chi connectivity index (χ3v) is 3.55. The van der Waals surface area contributed by atoms with Crippen LogP contribution >= 0.6 is 11.8 Å². The van der Waals surface area contributed by atoms with Crippen LogP contribution in [0.15, 0.2) is 17.3 Å². The molecule has 0 bridgehead atoms. The van der Waals surface area contributed by atoms with Crippen LogP contribution in [-0.4, -0.2) is 36.7 Å². The maximum atomic E-state index is 14.0. The molecule has 9 heteroatoms. The number of aromatic nitrogens is 3. The predicted molar refractivity (Wildman–Crippen MR) is 70.3 cm³/mol. The maximum absolute atomic E-state index is 14.0. The molecule has 0 saturated heterocycles. The number of benzene rings is 1. The lowest BCUT2D eigenvalue weighted by molar-refractivity contribution is -0.133. The van der Waals surface area contributed by atoms with Gasteiger partial charge in [-0.05, 0) is 18.6 Å². The van der Waals surface area contributed by atoms with E-state index in [1.165, 1.54) is 6.92 Å². The summed E-state index contributed by atoms with van der Waals surface area (Å²) in [7, 11) is 0. The van der Waals surface area contributed by atoms with Crippen molar-refractivity contribution >= 4 is 17.7 Å². The molecule has 0 aliphatic rings. The molecule has 0 radical (unpaired) electrons. The average Bonchev–Trinajstić information content (AvgIpc) is 2.83. The number of hydrogen-bond acceptors (Lipinski definition) is 5. The van der Waals surface area contributed by atoms with Crippen LogP contribution in [0.2, 0.25) is 0 Å². The Morgan fingerprint density at radius 3 is 2.67 bits per heavy atom. The van der Waals surface area contributed by atoms with Crippen LogP contribution < -0.4 is 0 Å². The van der Waals surface area contributed by atoms with Crippen molar-refractivity contribution in [3.8, 4) is 5.69 Å². The number of halogens is 2. The highest BCUT2D eigenvalue weighted by molar-refractivity contribution is 7.99. The second-order valence-electron chi connectivity index (χ2n) is 4.13.